The number of rotatable bonds is 0. The van der Waals surface area contributed by atoms with E-state index in [1.54, 1.807) is 0 Å². The molecule has 3 rings (SSSR count). The molecule has 0 saturated heterocycles. The van der Waals surface area contributed by atoms with Gasteiger partial charge in [-0.2, -0.15) is 0 Å². The van der Waals surface area contributed by atoms with Crippen LogP contribution in [0.1, 0.15) is 25.1 Å². The molecule has 0 atom stereocenters. The molecule has 0 bridgehead atoms. The number of carboxylic acid groups (broad SMARTS) is 1. The van der Waals surface area contributed by atoms with Crippen molar-refractivity contribution < 1.29 is 9.90 Å². The second kappa shape index (κ2) is 3.88. The molecular weight excluding hydrogens is 240 g/mol. The van der Waals surface area contributed by atoms with Gasteiger partial charge in [-0.05, 0) is 23.9 Å². The van der Waals surface area contributed by atoms with E-state index in [2.05, 4.69) is 19.2 Å². The average molecular weight is 256 g/mol. The fraction of sp³-hybridized carbons (Fsp3) is 0.267. The molecule has 98 valence electrons. The summed E-state index contributed by atoms with van der Waals surface area (Å²) in [4.78, 5) is 11.6. The van der Waals surface area contributed by atoms with Crippen LogP contribution in [0.3, 0.4) is 0 Å². The van der Waals surface area contributed by atoms with E-state index < -0.39 is 6.09 Å². The highest BCUT2D eigenvalue weighted by atomic mass is 16.4. The van der Waals surface area contributed by atoms with Gasteiger partial charge in [0.15, 0.2) is 0 Å². The molecule has 0 saturated carbocycles. The molecule has 1 aliphatic heterocycles. The van der Waals surface area contributed by atoms with Crippen molar-refractivity contribution in [2.24, 2.45) is 0 Å². The molecule has 0 unspecified atom stereocenters. The molecule has 19 heavy (non-hydrogen) atoms. The van der Waals surface area contributed by atoms with Gasteiger partial charge in [0.1, 0.15) is 0 Å². The van der Waals surface area contributed by atoms with Crippen LogP contribution in [0.5, 0.6) is 0 Å². The summed E-state index contributed by atoms with van der Waals surface area (Å²) >= 11 is 0. The molecule has 4 nitrogen and oxygen atoms in total. The summed E-state index contributed by atoms with van der Waals surface area (Å²) < 4.78 is 1.37. The highest BCUT2D eigenvalue weighted by Gasteiger charge is 2.31. The topological polar surface area (TPSA) is 54.3 Å². The van der Waals surface area contributed by atoms with E-state index in [-0.39, 0.29) is 5.41 Å². The van der Waals surface area contributed by atoms with Gasteiger partial charge in [0, 0.05) is 17.3 Å². The number of hydrogen-bond donors (Lipinski definition) is 2. The minimum atomic E-state index is -0.945. The zero-order valence-electron chi connectivity index (χ0n) is 11.0. The third kappa shape index (κ3) is 1.63. The molecule has 1 aromatic heterocycles. The number of aromatic nitrogens is 1. The molecule has 0 fully saturated rings. The number of hydrogen-bond acceptors (Lipinski definition) is 2. The number of nitrogens with zero attached hydrogens (tertiary/aromatic N) is 1. The van der Waals surface area contributed by atoms with Crippen LogP contribution in [0.15, 0.2) is 30.5 Å². The Balaban J connectivity index is 2.49. The Kier molecular flexibility index (Phi) is 2.42. The maximum Gasteiger partial charge on any atom is 0.416 e. The third-order valence-corrected chi connectivity index (χ3v) is 3.68. The van der Waals surface area contributed by atoms with Gasteiger partial charge in [-0.3, -0.25) is 0 Å². The molecule has 4 heteroatoms. The molecule has 2 heterocycles. The van der Waals surface area contributed by atoms with Gasteiger partial charge in [0.2, 0.25) is 0 Å². The van der Waals surface area contributed by atoms with Crippen LogP contribution >= 0.6 is 0 Å². The maximum atomic E-state index is 11.6. The summed E-state index contributed by atoms with van der Waals surface area (Å²) in [5.74, 6) is 0. The van der Waals surface area contributed by atoms with E-state index >= 15 is 0 Å². The third-order valence-electron chi connectivity index (χ3n) is 3.68. The van der Waals surface area contributed by atoms with Crippen molar-refractivity contribution in [3.63, 3.8) is 0 Å². The summed E-state index contributed by atoms with van der Waals surface area (Å²) in [5, 5.41) is 13.7. The lowest BCUT2D eigenvalue weighted by atomic mass is 9.83. The summed E-state index contributed by atoms with van der Waals surface area (Å²) in [7, 11) is 0. The lowest BCUT2D eigenvalue weighted by Gasteiger charge is -2.24. The lowest BCUT2D eigenvalue weighted by molar-refractivity contribution is 0.197. The smallest absolute Gasteiger partial charge is 0.416 e. The zero-order valence-corrected chi connectivity index (χ0v) is 11.0. The average Bonchev–Trinajstić information content (AvgIpc) is 2.61. The van der Waals surface area contributed by atoms with Crippen LogP contribution in [-0.2, 0) is 5.41 Å². The van der Waals surface area contributed by atoms with E-state index in [9.17, 15) is 9.90 Å². The van der Waals surface area contributed by atoms with E-state index in [1.165, 1.54) is 4.57 Å². The standard InChI is InChI=1S/C15H16N2O2/c1-15(2)9-16-8-7-12-13(15)10-5-3-4-6-11(10)17(12)14(18)19/h3-8,16H,9H2,1-2H3,(H,18,19). The zero-order chi connectivity index (χ0) is 13.6. The Morgan fingerprint density at radius 3 is 2.84 bits per heavy atom. The monoisotopic (exact) mass is 256 g/mol. The number of benzene rings is 1. The fourth-order valence-corrected chi connectivity index (χ4v) is 2.88. The van der Waals surface area contributed by atoms with E-state index in [4.69, 9.17) is 0 Å². The number of carbonyl (C=O) groups is 1. The van der Waals surface area contributed by atoms with Gasteiger partial charge in [0.05, 0.1) is 11.2 Å². The molecule has 1 aromatic carbocycles. The number of fused-ring (bicyclic) bond motifs is 3. The highest BCUT2D eigenvalue weighted by Crippen LogP contribution is 2.37. The second-order valence-corrected chi connectivity index (χ2v) is 5.49. The molecule has 2 aromatic rings. The normalized spacial score (nSPS) is 16.7. The quantitative estimate of drug-likeness (QED) is 0.761. The predicted octanol–water partition coefficient (Wildman–Crippen LogP) is 3.02. The van der Waals surface area contributed by atoms with Crippen molar-refractivity contribution in [3.05, 3.63) is 41.7 Å². The first-order valence-corrected chi connectivity index (χ1v) is 6.29. The van der Waals surface area contributed by atoms with Gasteiger partial charge in [-0.1, -0.05) is 32.0 Å². The second-order valence-electron chi connectivity index (χ2n) is 5.49. The van der Waals surface area contributed by atoms with E-state index in [0.717, 1.165) is 28.7 Å². The van der Waals surface area contributed by atoms with Crippen LogP contribution in [0, 0.1) is 0 Å². The van der Waals surface area contributed by atoms with Gasteiger partial charge < -0.3 is 10.4 Å². The van der Waals surface area contributed by atoms with Crippen LogP contribution in [0.4, 0.5) is 4.79 Å². The molecule has 0 radical (unpaired) electrons. The molecule has 2 N–H and O–H groups in total. The number of nitrogens with one attached hydrogen (secondary N) is 1. The summed E-state index contributed by atoms with van der Waals surface area (Å²) in [6.07, 6.45) is 2.73. The molecule has 0 amide bonds. The lowest BCUT2D eigenvalue weighted by Crippen LogP contribution is -2.29. The van der Waals surface area contributed by atoms with Crippen molar-refractivity contribution in [1.29, 1.82) is 0 Å². The van der Waals surface area contributed by atoms with Crippen molar-refractivity contribution in [1.82, 2.24) is 9.88 Å². The first-order valence-electron chi connectivity index (χ1n) is 6.29. The molecule has 0 spiro atoms. The van der Waals surface area contributed by atoms with Crippen LogP contribution < -0.4 is 5.32 Å². The SMILES string of the molecule is CC1(C)CNC=Cc2c1c1ccccc1n2C(=O)O. The summed E-state index contributed by atoms with van der Waals surface area (Å²) in [6.45, 7) is 5.04. The van der Waals surface area contributed by atoms with Crippen molar-refractivity contribution >= 4 is 23.1 Å². The Morgan fingerprint density at radius 2 is 2.11 bits per heavy atom. The predicted molar refractivity (Wildman–Crippen MR) is 75.4 cm³/mol. The van der Waals surface area contributed by atoms with Crippen LogP contribution in [0.25, 0.3) is 17.0 Å². The Morgan fingerprint density at radius 1 is 1.37 bits per heavy atom. The minimum absolute atomic E-state index is 0.126. The highest BCUT2D eigenvalue weighted by molar-refractivity contribution is 5.96. The summed E-state index contributed by atoms with van der Waals surface area (Å²) in [6, 6.07) is 7.67. The fourth-order valence-electron chi connectivity index (χ4n) is 2.88. The van der Waals surface area contributed by atoms with Crippen molar-refractivity contribution in [2.75, 3.05) is 6.54 Å². The van der Waals surface area contributed by atoms with Crippen molar-refractivity contribution in [2.45, 2.75) is 19.3 Å². The van der Waals surface area contributed by atoms with Gasteiger partial charge in [-0.25, -0.2) is 9.36 Å². The van der Waals surface area contributed by atoms with Gasteiger partial charge in [0.25, 0.3) is 0 Å². The van der Waals surface area contributed by atoms with Gasteiger partial charge >= 0.3 is 6.09 Å². The Hall–Kier alpha value is -2.23. The minimum Gasteiger partial charge on any atom is -0.464 e. The number of para-hydroxylation sites is 1. The molecule has 1 aliphatic rings. The molecule has 0 aliphatic carbocycles. The van der Waals surface area contributed by atoms with Gasteiger partial charge in [-0.15, -0.1) is 0 Å². The van der Waals surface area contributed by atoms with Crippen LogP contribution in [-0.4, -0.2) is 22.3 Å². The van der Waals surface area contributed by atoms with E-state index in [0.29, 0.717) is 0 Å². The van der Waals surface area contributed by atoms with Crippen LogP contribution in [0.2, 0.25) is 0 Å². The Bertz CT molecular complexity index is 695. The maximum absolute atomic E-state index is 11.6. The first-order chi connectivity index (χ1) is 9.02. The van der Waals surface area contributed by atoms with E-state index in [1.807, 2.05) is 36.5 Å². The molecular formula is C15H16N2O2. The first kappa shape index (κ1) is 11.8. The largest absolute Gasteiger partial charge is 0.464 e. The summed E-state index contributed by atoms with van der Waals surface area (Å²) in [5.41, 5.74) is 2.47. The Labute approximate surface area is 111 Å². The van der Waals surface area contributed by atoms with Crippen molar-refractivity contribution in [3.8, 4) is 0 Å².